The van der Waals surface area contributed by atoms with Gasteiger partial charge in [0.15, 0.2) is 0 Å². The van der Waals surface area contributed by atoms with Gasteiger partial charge >= 0.3 is 0 Å². The van der Waals surface area contributed by atoms with Crippen LogP contribution in [0.25, 0.3) is 66.1 Å². The fourth-order valence-corrected chi connectivity index (χ4v) is 8.34. The molecule has 1 heterocycles. The van der Waals surface area contributed by atoms with Gasteiger partial charge in [0.05, 0.1) is 0 Å². The van der Waals surface area contributed by atoms with Crippen molar-refractivity contribution in [2.75, 3.05) is 4.90 Å². The SMILES string of the molecule is CC1(C)c2ccccc2-c2c1ccc1oc3cc(N(c4ccc(-c5ccccc5)cc4)c4ccc(-c5cccc6ccccc56)cc4)ccc3c21. The molecule has 0 atom stereocenters. The van der Waals surface area contributed by atoms with Gasteiger partial charge in [-0.05, 0) is 97.7 Å². The van der Waals surface area contributed by atoms with Crippen molar-refractivity contribution in [1.82, 2.24) is 0 Å². The van der Waals surface area contributed by atoms with Crippen molar-refractivity contribution in [2.24, 2.45) is 0 Å². The molecule has 0 saturated heterocycles. The standard InChI is InChI=1S/C49H35NO/c1-49(2)43-18-9-8-16-41(43)47-44(49)29-30-45-48(47)42-28-27-38(31-46(42)51-45)50(36-23-19-33(20-24-36)32-11-4-3-5-12-32)37-25-21-35(22-26-37)40-17-10-14-34-13-6-7-15-39(34)40/h3-31H,1-2H3. The lowest BCUT2D eigenvalue weighted by Gasteiger charge is -2.26. The molecule has 242 valence electrons. The Morgan fingerprint density at radius 3 is 1.86 bits per heavy atom. The van der Waals surface area contributed by atoms with Crippen LogP contribution in [0.4, 0.5) is 17.1 Å². The minimum absolute atomic E-state index is 0.0649. The summed E-state index contributed by atoms with van der Waals surface area (Å²) in [4.78, 5) is 2.33. The molecule has 0 unspecified atom stereocenters. The second-order valence-electron chi connectivity index (χ2n) is 14.1. The Bertz CT molecular complexity index is 2750. The van der Waals surface area contributed by atoms with E-state index in [1.807, 2.05) is 0 Å². The average Bonchev–Trinajstić information content (AvgIpc) is 3.67. The smallest absolute Gasteiger partial charge is 0.137 e. The molecule has 2 nitrogen and oxygen atoms in total. The first-order chi connectivity index (χ1) is 25.0. The molecule has 1 aromatic heterocycles. The number of hydrogen-bond acceptors (Lipinski definition) is 2. The van der Waals surface area contributed by atoms with Gasteiger partial charge in [0.25, 0.3) is 0 Å². The van der Waals surface area contributed by atoms with E-state index in [1.54, 1.807) is 0 Å². The molecule has 51 heavy (non-hydrogen) atoms. The van der Waals surface area contributed by atoms with Gasteiger partial charge in [-0.25, -0.2) is 0 Å². The van der Waals surface area contributed by atoms with Crippen molar-refractivity contribution < 1.29 is 4.42 Å². The predicted octanol–water partition coefficient (Wildman–Crippen LogP) is 13.8. The second kappa shape index (κ2) is 11.3. The van der Waals surface area contributed by atoms with Crippen LogP contribution in [0.1, 0.15) is 25.0 Å². The van der Waals surface area contributed by atoms with E-state index in [4.69, 9.17) is 4.42 Å². The Balaban J connectivity index is 1.12. The van der Waals surface area contributed by atoms with Crippen LogP contribution in [-0.4, -0.2) is 0 Å². The summed E-state index contributed by atoms with van der Waals surface area (Å²) in [7, 11) is 0. The van der Waals surface area contributed by atoms with E-state index in [-0.39, 0.29) is 5.41 Å². The first kappa shape index (κ1) is 29.5. The Labute approximate surface area is 297 Å². The van der Waals surface area contributed by atoms with Crippen LogP contribution in [0.3, 0.4) is 0 Å². The van der Waals surface area contributed by atoms with Gasteiger partial charge in [0, 0.05) is 39.3 Å². The lowest BCUT2D eigenvalue weighted by Crippen LogP contribution is -2.14. The quantitative estimate of drug-likeness (QED) is 0.184. The van der Waals surface area contributed by atoms with Crippen molar-refractivity contribution in [3.05, 3.63) is 187 Å². The summed E-state index contributed by atoms with van der Waals surface area (Å²) in [5.74, 6) is 0. The molecule has 9 aromatic rings. The topological polar surface area (TPSA) is 16.4 Å². The molecule has 0 saturated carbocycles. The Hall–Kier alpha value is -6.38. The molecular formula is C49H35NO. The molecule has 1 aliphatic carbocycles. The molecule has 1 aliphatic rings. The molecule has 0 bridgehead atoms. The third-order valence-electron chi connectivity index (χ3n) is 10.9. The van der Waals surface area contributed by atoms with Crippen LogP contribution >= 0.6 is 0 Å². The van der Waals surface area contributed by atoms with Gasteiger partial charge in [0.2, 0.25) is 0 Å². The normalized spacial score (nSPS) is 13.1. The molecule has 0 aliphatic heterocycles. The zero-order valence-corrected chi connectivity index (χ0v) is 28.6. The molecule has 0 spiro atoms. The largest absolute Gasteiger partial charge is 0.456 e. The van der Waals surface area contributed by atoms with Crippen LogP contribution < -0.4 is 4.90 Å². The number of anilines is 3. The van der Waals surface area contributed by atoms with Crippen LogP contribution in [0.5, 0.6) is 0 Å². The van der Waals surface area contributed by atoms with E-state index in [0.717, 1.165) is 33.6 Å². The number of nitrogens with zero attached hydrogens (tertiary/aromatic N) is 1. The van der Waals surface area contributed by atoms with E-state index in [0.29, 0.717) is 0 Å². The van der Waals surface area contributed by atoms with Gasteiger partial charge < -0.3 is 9.32 Å². The maximum Gasteiger partial charge on any atom is 0.137 e. The van der Waals surface area contributed by atoms with Gasteiger partial charge in [0.1, 0.15) is 11.2 Å². The van der Waals surface area contributed by atoms with Crippen LogP contribution in [0, 0.1) is 0 Å². The predicted molar refractivity (Wildman–Crippen MR) is 214 cm³/mol. The van der Waals surface area contributed by atoms with E-state index in [9.17, 15) is 0 Å². The van der Waals surface area contributed by atoms with E-state index in [2.05, 4.69) is 195 Å². The third kappa shape index (κ3) is 4.64. The number of rotatable bonds is 5. The van der Waals surface area contributed by atoms with Crippen LogP contribution in [-0.2, 0) is 5.41 Å². The first-order valence-corrected chi connectivity index (χ1v) is 17.7. The second-order valence-corrected chi connectivity index (χ2v) is 14.1. The summed E-state index contributed by atoms with van der Waals surface area (Å²) in [6, 6.07) is 63.4. The molecule has 0 N–H and O–H groups in total. The van der Waals surface area contributed by atoms with Gasteiger partial charge in [-0.15, -0.1) is 0 Å². The van der Waals surface area contributed by atoms with Gasteiger partial charge in [-0.3, -0.25) is 0 Å². The Morgan fingerprint density at radius 2 is 1.06 bits per heavy atom. The number of furan rings is 1. The van der Waals surface area contributed by atoms with Crippen molar-refractivity contribution in [1.29, 1.82) is 0 Å². The Kier molecular flexibility index (Phi) is 6.56. The zero-order valence-electron chi connectivity index (χ0n) is 28.6. The van der Waals surface area contributed by atoms with Crippen LogP contribution in [0.2, 0.25) is 0 Å². The molecule has 8 aromatic carbocycles. The van der Waals surface area contributed by atoms with Crippen LogP contribution in [0.15, 0.2) is 180 Å². The summed E-state index contributed by atoms with van der Waals surface area (Å²) in [6.45, 7) is 4.66. The zero-order chi connectivity index (χ0) is 34.1. The minimum Gasteiger partial charge on any atom is -0.456 e. The molecule has 0 amide bonds. The number of hydrogen-bond donors (Lipinski definition) is 0. The summed E-state index contributed by atoms with van der Waals surface area (Å²) in [5, 5.41) is 4.85. The molecular weight excluding hydrogens is 619 g/mol. The maximum atomic E-state index is 6.69. The minimum atomic E-state index is -0.0649. The summed E-state index contributed by atoms with van der Waals surface area (Å²) >= 11 is 0. The molecule has 2 heteroatoms. The van der Waals surface area contributed by atoms with Gasteiger partial charge in [-0.1, -0.05) is 141 Å². The van der Waals surface area contributed by atoms with Crippen molar-refractivity contribution in [3.8, 4) is 33.4 Å². The van der Waals surface area contributed by atoms with E-state index >= 15 is 0 Å². The highest BCUT2D eigenvalue weighted by molar-refractivity contribution is 6.15. The Morgan fingerprint density at radius 1 is 0.431 bits per heavy atom. The van der Waals surface area contributed by atoms with Gasteiger partial charge in [-0.2, -0.15) is 0 Å². The fraction of sp³-hybridized carbons (Fsp3) is 0.0612. The highest BCUT2D eigenvalue weighted by atomic mass is 16.3. The fourth-order valence-electron chi connectivity index (χ4n) is 8.34. The van der Waals surface area contributed by atoms with Crippen molar-refractivity contribution in [3.63, 3.8) is 0 Å². The summed E-state index contributed by atoms with van der Waals surface area (Å²) in [5.41, 5.74) is 15.1. The third-order valence-corrected chi connectivity index (χ3v) is 10.9. The summed E-state index contributed by atoms with van der Waals surface area (Å²) < 4.78 is 6.69. The highest BCUT2D eigenvalue weighted by Crippen LogP contribution is 2.53. The maximum absolute atomic E-state index is 6.69. The molecule has 0 fully saturated rings. The summed E-state index contributed by atoms with van der Waals surface area (Å²) in [6.07, 6.45) is 0. The average molecular weight is 654 g/mol. The van der Waals surface area contributed by atoms with Crippen molar-refractivity contribution >= 4 is 49.8 Å². The molecule has 10 rings (SSSR count). The number of fused-ring (bicyclic) bond motifs is 8. The lowest BCUT2D eigenvalue weighted by atomic mass is 9.82. The number of benzene rings is 8. The first-order valence-electron chi connectivity index (χ1n) is 17.7. The van der Waals surface area contributed by atoms with Crippen molar-refractivity contribution in [2.45, 2.75) is 19.3 Å². The monoisotopic (exact) mass is 653 g/mol. The molecule has 0 radical (unpaired) electrons. The van der Waals surface area contributed by atoms with E-state index < -0.39 is 0 Å². The van der Waals surface area contributed by atoms with E-state index in [1.165, 1.54) is 60.7 Å². The lowest BCUT2D eigenvalue weighted by molar-refractivity contribution is 0.656. The highest BCUT2D eigenvalue weighted by Gasteiger charge is 2.37.